The molecule has 0 amide bonds. The van der Waals surface area contributed by atoms with Gasteiger partial charge in [-0.2, -0.15) is 0 Å². The second-order valence-electron chi connectivity index (χ2n) is 3.48. The third-order valence-electron chi connectivity index (χ3n) is 2.23. The van der Waals surface area contributed by atoms with E-state index in [0.717, 1.165) is 0 Å². The van der Waals surface area contributed by atoms with E-state index < -0.39 is 4.92 Å². The molecule has 0 aliphatic carbocycles. The molecule has 1 aromatic carbocycles. The number of nitrogens with zero attached hydrogens (tertiary/aromatic N) is 3. The number of nitro groups is 1. The molecule has 0 unspecified atom stereocenters. The SMILES string of the molecule is Cc1ccc(Oc2ncncc2Br)cc1[N+](=O)[O-]. The van der Waals surface area contributed by atoms with Gasteiger partial charge in [-0.15, -0.1) is 0 Å². The summed E-state index contributed by atoms with van der Waals surface area (Å²) < 4.78 is 6.03. The lowest BCUT2D eigenvalue weighted by atomic mass is 10.2. The van der Waals surface area contributed by atoms with Gasteiger partial charge in [0, 0.05) is 11.8 Å². The topological polar surface area (TPSA) is 78.2 Å². The van der Waals surface area contributed by atoms with Crippen molar-refractivity contribution in [1.29, 1.82) is 0 Å². The van der Waals surface area contributed by atoms with Crippen LogP contribution in [0.1, 0.15) is 5.56 Å². The fourth-order valence-corrected chi connectivity index (χ4v) is 1.64. The van der Waals surface area contributed by atoms with Crippen LogP contribution in [0.2, 0.25) is 0 Å². The lowest BCUT2D eigenvalue weighted by molar-refractivity contribution is -0.385. The maximum Gasteiger partial charge on any atom is 0.276 e. The second-order valence-corrected chi connectivity index (χ2v) is 4.34. The Bertz CT molecular complexity index is 604. The summed E-state index contributed by atoms with van der Waals surface area (Å²) in [5, 5.41) is 10.8. The molecule has 0 N–H and O–H groups in total. The fraction of sp³-hybridized carbons (Fsp3) is 0.0909. The van der Waals surface area contributed by atoms with Gasteiger partial charge in [-0.1, -0.05) is 0 Å². The molecule has 0 fully saturated rings. The standard InChI is InChI=1S/C11H8BrN3O3/c1-7-2-3-8(4-10(7)15(16)17)18-11-9(12)5-13-6-14-11/h2-6H,1H3. The van der Waals surface area contributed by atoms with E-state index in [9.17, 15) is 10.1 Å². The number of hydrogen-bond acceptors (Lipinski definition) is 5. The van der Waals surface area contributed by atoms with Crippen LogP contribution in [-0.2, 0) is 0 Å². The largest absolute Gasteiger partial charge is 0.437 e. The number of halogens is 1. The highest BCUT2D eigenvalue weighted by atomic mass is 79.9. The number of hydrogen-bond donors (Lipinski definition) is 0. The van der Waals surface area contributed by atoms with Gasteiger partial charge in [0.25, 0.3) is 5.69 Å². The molecule has 2 aromatic rings. The average molecular weight is 310 g/mol. The zero-order chi connectivity index (χ0) is 13.1. The molecule has 0 saturated heterocycles. The molecule has 7 heteroatoms. The predicted octanol–water partition coefficient (Wildman–Crippen LogP) is 3.25. The van der Waals surface area contributed by atoms with E-state index in [4.69, 9.17) is 4.74 Å². The van der Waals surface area contributed by atoms with Crippen LogP contribution >= 0.6 is 15.9 Å². The van der Waals surface area contributed by atoms with Crippen LogP contribution in [0, 0.1) is 17.0 Å². The number of nitro benzene ring substituents is 1. The van der Waals surface area contributed by atoms with Crippen molar-refractivity contribution in [3.63, 3.8) is 0 Å². The number of benzene rings is 1. The molecule has 0 radical (unpaired) electrons. The summed E-state index contributed by atoms with van der Waals surface area (Å²) in [5.41, 5.74) is 0.590. The van der Waals surface area contributed by atoms with E-state index in [1.807, 2.05) is 0 Å². The number of aromatic nitrogens is 2. The molecule has 0 atom stereocenters. The van der Waals surface area contributed by atoms with Crippen LogP contribution in [0.3, 0.4) is 0 Å². The summed E-state index contributed by atoms with van der Waals surface area (Å²) >= 11 is 3.23. The van der Waals surface area contributed by atoms with Crippen molar-refractivity contribution in [2.75, 3.05) is 0 Å². The summed E-state index contributed by atoms with van der Waals surface area (Å²) in [7, 11) is 0. The van der Waals surface area contributed by atoms with Crippen LogP contribution in [0.25, 0.3) is 0 Å². The highest BCUT2D eigenvalue weighted by Gasteiger charge is 2.13. The highest BCUT2D eigenvalue weighted by Crippen LogP contribution is 2.29. The van der Waals surface area contributed by atoms with Crippen molar-refractivity contribution < 1.29 is 9.66 Å². The highest BCUT2D eigenvalue weighted by molar-refractivity contribution is 9.10. The molecule has 1 heterocycles. The van der Waals surface area contributed by atoms with Crippen LogP contribution in [0.5, 0.6) is 11.6 Å². The molecule has 0 saturated carbocycles. The zero-order valence-corrected chi connectivity index (χ0v) is 10.9. The Balaban J connectivity index is 2.33. The number of rotatable bonds is 3. The van der Waals surface area contributed by atoms with Crippen molar-refractivity contribution in [2.45, 2.75) is 6.92 Å². The van der Waals surface area contributed by atoms with Gasteiger partial charge in [-0.3, -0.25) is 10.1 Å². The second kappa shape index (κ2) is 5.09. The van der Waals surface area contributed by atoms with Crippen molar-refractivity contribution >= 4 is 21.6 Å². The minimum atomic E-state index is -0.447. The van der Waals surface area contributed by atoms with Crippen molar-refractivity contribution in [3.8, 4) is 11.6 Å². The molecule has 2 rings (SSSR count). The molecule has 0 spiro atoms. The quantitative estimate of drug-likeness (QED) is 0.642. The smallest absolute Gasteiger partial charge is 0.276 e. The van der Waals surface area contributed by atoms with Gasteiger partial charge >= 0.3 is 0 Å². The third-order valence-corrected chi connectivity index (χ3v) is 2.77. The van der Waals surface area contributed by atoms with E-state index in [-0.39, 0.29) is 5.69 Å². The summed E-state index contributed by atoms with van der Waals surface area (Å²) in [6.45, 7) is 1.67. The Labute approximate surface area is 111 Å². The molecular formula is C11H8BrN3O3. The van der Waals surface area contributed by atoms with Gasteiger partial charge in [0.15, 0.2) is 0 Å². The normalized spacial score (nSPS) is 10.1. The van der Waals surface area contributed by atoms with Gasteiger partial charge < -0.3 is 4.74 Å². The number of aryl methyl sites for hydroxylation is 1. The monoisotopic (exact) mass is 309 g/mol. The Hall–Kier alpha value is -2.02. The van der Waals surface area contributed by atoms with Crippen molar-refractivity contribution in [3.05, 3.63) is 50.9 Å². The van der Waals surface area contributed by atoms with Crippen LogP contribution in [0.4, 0.5) is 5.69 Å². The van der Waals surface area contributed by atoms with Gasteiger partial charge in [-0.05, 0) is 35.0 Å². The van der Waals surface area contributed by atoms with Gasteiger partial charge in [-0.25, -0.2) is 9.97 Å². The minimum Gasteiger partial charge on any atom is -0.437 e. The van der Waals surface area contributed by atoms with E-state index in [1.165, 1.54) is 18.6 Å². The first kappa shape index (κ1) is 12.4. The van der Waals surface area contributed by atoms with Crippen LogP contribution in [0.15, 0.2) is 35.2 Å². The first-order valence-electron chi connectivity index (χ1n) is 4.96. The summed E-state index contributed by atoms with van der Waals surface area (Å²) in [4.78, 5) is 18.1. The number of ether oxygens (including phenoxy) is 1. The lowest BCUT2D eigenvalue weighted by Gasteiger charge is -2.06. The zero-order valence-electron chi connectivity index (χ0n) is 9.33. The molecule has 0 bridgehead atoms. The Morgan fingerprint density at radius 3 is 2.89 bits per heavy atom. The maximum absolute atomic E-state index is 10.8. The molecule has 1 aromatic heterocycles. The summed E-state index contributed by atoms with van der Waals surface area (Å²) in [5.74, 6) is 0.662. The van der Waals surface area contributed by atoms with Gasteiger partial charge in [0.2, 0.25) is 5.88 Å². The van der Waals surface area contributed by atoms with E-state index in [0.29, 0.717) is 21.7 Å². The molecule has 6 nitrogen and oxygen atoms in total. The Morgan fingerprint density at radius 1 is 1.44 bits per heavy atom. The Morgan fingerprint density at radius 2 is 2.22 bits per heavy atom. The summed E-state index contributed by atoms with van der Waals surface area (Å²) in [6, 6.07) is 4.64. The van der Waals surface area contributed by atoms with Gasteiger partial charge in [0.1, 0.15) is 12.1 Å². The lowest BCUT2D eigenvalue weighted by Crippen LogP contribution is -1.94. The molecule has 0 aliphatic heterocycles. The average Bonchev–Trinajstić information content (AvgIpc) is 2.34. The van der Waals surface area contributed by atoms with E-state index >= 15 is 0 Å². The maximum atomic E-state index is 10.8. The summed E-state index contributed by atoms with van der Waals surface area (Å²) in [6.07, 6.45) is 2.87. The third kappa shape index (κ3) is 2.62. The van der Waals surface area contributed by atoms with Crippen LogP contribution < -0.4 is 4.74 Å². The molecule has 92 valence electrons. The first-order valence-corrected chi connectivity index (χ1v) is 5.75. The molecular weight excluding hydrogens is 302 g/mol. The Kier molecular flexibility index (Phi) is 3.52. The van der Waals surface area contributed by atoms with Crippen molar-refractivity contribution in [1.82, 2.24) is 9.97 Å². The van der Waals surface area contributed by atoms with E-state index in [2.05, 4.69) is 25.9 Å². The minimum absolute atomic E-state index is 0.0117. The first-order chi connectivity index (χ1) is 8.58. The van der Waals surface area contributed by atoms with E-state index in [1.54, 1.807) is 19.1 Å². The molecule has 0 aliphatic rings. The predicted molar refractivity (Wildman–Crippen MR) is 67.6 cm³/mol. The fourth-order valence-electron chi connectivity index (χ4n) is 1.34. The van der Waals surface area contributed by atoms with Gasteiger partial charge in [0.05, 0.1) is 15.5 Å². The molecule has 18 heavy (non-hydrogen) atoms. The van der Waals surface area contributed by atoms with Crippen LogP contribution in [-0.4, -0.2) is 14.9 Å². The van der Waals surface area contributed by atoms with Crippen molar-refractivity contribution in [2.24, 2.45) is 0 Å².